The molecule has 0 spiro atoms. The zero-order chi connectivity index (χ0) is 20.3. The Balaban J connectivity index is 1.26. The first-order valence-corrected chi connectivity index (χ1v) is 10.5. The molecule has 0 unspecified atom stereocenters. The third kappa shape index (κ3) is 7.40. The number of carbonyl (C=O) groups excluding carboxylic acids is 1. The summed E-state index contributed by atoms with van der Waals surface area (Å²) >= 11 is 0. The Morgan fingerprint density at radius 1 is 0.966 bits per heavy atom. The number of hydrogen-bond donors (Lipinski definition) is 2. The fraction of sp³-hybridized carbons (Fsp3) is 0.435. The molecule has 0 saturated carbocycles. The number of carbonyl (C=O) groups is 1. The molecule has 6 nitrogen and oxygen atoms in total. The fourth-order valence-corrected chi connectivity index (χ4v) is 3.49. The van der Waals surface area contributed by atoms with E-state index in [2.05, 4.69) is 50.8 Å². The second-order valence-corrected chi connectivity index (χ2v) is 7.30. The van der Waals surface area contributed by atoms with Gasteiger partial charge in [0.15, 0.2) is 0 Å². The van der Waals surface area contributed by atoms with Gasteiger partial charge >= 0.3 is 6.03 Å². The Bertz CT molecular complexity index is 728. The van der Waals surface area contributed by atoms with Gasteiger partial charge in [-0.25, -0.2) is 4.79 Å². The molecule has 2 aromatic rings. The van der Waals surface area contributed by atoms with E-state index in [0.29, 0.717) is 13.2 Å². The van der Waals surface area contributed by atoms with E-state index in [1.54, 1.807) is 0 Å². The first-order chi connectivity index (χ1) is 14.2. The summed E-state index contributed by atoms with van der Waals surface area (Å²) in [5, 5.41) is 5.79. The third-order valence-electron chi connectivity index (χ3n) is 5.07. The quantitative estimate of drug-likeness (QED) is 0.638. The SMILES string of the molecule is CCOc1ccc(NC(=O)NCCCN2CCN(Cc3ccccc3)CC2)cc1. The lowest BCUT2D eigenvalue weighted by molar-refractivity contribution is 0.126. The molecule has 0 aromatic heterocycles. The molecule has 1 aliphatic heterocycles. The molecule has 0 aliphatic carbocycles. The maximum atomic E-state index is 12.0. The second-order valence-electron chi connectivity index (χ2n) is 7.30. The van der Waals surface area contributed by atoms with Gasteiger partial charge in [0.05, 0.1) is 6.61 Å². The van der Waals surface area contributed by atoms with Crippen molar-refractivity contribution in [3.8, 4) is 5.75 Å². The zero-order valence-electron chi connectivity index (χ0n) is 17.3. The smallest absolute Gasteiger partial charge is 0.319 e. The molecule has 6 heteroatoms. The van der Waals surface area contributed by atoms with Crippen molar-refractivity contribution < 1.29 is 9.53 Å². The molecule has 156 valence electrons. The van der Waals surface area contributed by atoms with Crippen LogP contribution < -0.4 is 15.4 Å². The van der Waals surface area contributed by atoms with Gasteiger partial charge in [0.1, 0.15) is 5.75 Å². The van der Waals surface area contributed by atoms with Crippen LogP contribution in [0.25, 0.3) is 0 Å². The van der Waals surface area contributed by atoms with Crippen molar-refractivity contribution in [3.63, 3.8) is 0 Å². The molecule has 1 fully saturated rings. The molecule has 3 rings (SSSR count). The summed E-state index contributed by atoms with van der Waals surface area (Å²) in [4.78, 5) is 17.0. The lowest BCUT2D eigenvalue weighted by atomic mass is 10.2. The Morgan fingerprint density at radius 3 is 2.34 bits per heavy atom. The summed E-state index contributed by atoms with van der Waals surface area (Å²) in [5.41, 5.74) is 2.14. The Morgan fingerprint density at radius 2 is 1.66 bits per heavy atom. The van der Waals surface area contributed by atoms with Gasteiger partial charge in [-0.2, -0.15) is 0 Å². The van der Waals surface area contributed by atoms with Crippen LogP contribution in [0.4, 0.5) is 10.5 Å². The van der Waals surface area contributed by atoms with E-state index in [-0.39, 0.29) is 6.03 Å². The average molecular weight is 397 g/mol. The molecule has 0 atom stereocenters. The highest BCUT2D eigenvalue weighted by Gasteiger charge is 2.16. The van der Waals surface area contributed by atoms with Crippen molar-refractivity contribution in [2.45, 2.75) is 19.9 Å². The van der Waals surface area contributed by atoms with Gasteiger partial charge in [0.25, 0.3) is 0 Å². The molecule has 2 N–H and O–H groups in total. The molecule has 1 aliphatic rings. The van der Waals surface area contributed by atoms with Gasteiger partial charge in [-0.15, -0.1) is 0 Å². The Kier molecular flexibility index (Phi) is 8.34. The maximum Gasteiger partial charge on any atom is 0.319 e. The van der Waals surface area contributed by atoms with E-state index in [1.807, 2.05) is 31.2 Å². The van der Waals surface area contributed by atoms with Crippen LogP contribution in [0, 0.1) is 0 Å². The number of rotatable bonds is 9. The molecule has 2 amide bonds. The van der Waals surface area contributed by atoms with E-state index >= 15 is 0 Å². The Labute approximate surface area is 173 Å². The summed E-state index contributed by atoms with van der Waals surface area (Å²) in [5.74, 6) is 0.808. The maximum absolute atomic E-state index is 12.0. The van der Waals surface area contributed by atoms with Crippen LogP contribution in [0.5, 0.6) is 5.75 Å². The van der Waals surface area contributed by atoms with E-state index in [9.17, 15) is 4.79 Å². The molecule has 2 aromatic carbocycles. The summed E-state index contributed by atoms with van der Waals surface area (Å²) in [6.45, 7) is 9.68. The lowest BCUT2D eigenvalue weighted by Gasteiger charge is -2.34. The van der Waals surface area contributed by atoms with Gasteiger partial charge in [-0.3, -0.25) is 4.90 Å². The molecule has 0 bridgehead atoms. The minimum absolute atomic E-state index is 0.165. The van der Waals surface area contributed by atoms with E-state index in [0.717, 1.165) is 57.1 Å². The van der Waals surface area contributed by atoms with Gasteiger partial charge in [-0.1, -0.05) is 30.3 Å². The minimum atomic E-state index is -0.165. The number of ether oxygens (including phenoxy) is 1. The lowest BCUT2D eigenvalue weighted by Crippen LogP contribution is -2.46. The van der Waals surface area contributed by atoms with Crippen LogP contribution in [-0.4, -0.2) is 61.7 Å². The van der Waals surface area contributed by atoms with E-state index < -0.39 is 0 Å². The van der Waals surface area contributed by atoms with Crippen molar-refractivity contribution in [3.05, 3.63) is 60.2 Å². The van der Waals surface area contributed by atoms with Crippen molar-refractivity contribution in [2.24, 2.45) is 0 Å². The first-order valence-electron chi connectivity index (χ1n) is 10.5. The highest BCUT2D eigenvalue weighted by Crippen LogP contribution is 2.15. The van der Waals surface area contributed by atoms with Gasteiger partial charge in [0.2, 0.25) is 0 Å². The average Bonchev–Trinajstić information content (AvgIpc) is 2.75. The molecular formula is C23H32N4O2. The highest BCUT2D eigenvalue weighted by atomic mass is 16.5. The van der Waals surface area contributed by atoms with E-state index in [1.165, 1.54) is 5.56 Å². The molecule has 0 radical (unpaired) electrons. The largest absolute Gasteiger partial charge is 0.494 e. The van der Waals surface area contributed by atoms with Crippen LogP contribution in [0.15, 0.2) is 54.6 Å². The summed E-state index contributed by atoms with van der Waals surface area (Å²) < 4.78 is 5.40. The molecular weight excluding hydrogens is 364 g/mol. The van der Waals surface area contributed by atoms with Crippen molar-refractivity contribution in [1.29, 1.82) is 0 Å². The number of benzene rings is 2. The summed E-state index contributed by atoms with van der Waals surface area (Å²) in [7, 11) is 0. The van der Waals surface area contributed by atoms with Gasteiger partial charge in [-0.05, 0) is 49.7 Å². The number of piperazine rings is 1. The van der Waals surface area contributed by atoms with Crippen LogP contribution in [0.3, 0.4) is 0 Å². The van der Waals surface area contributed by atoms with Crippen molar-refractivity contribution in [1.82, 2.24) is 15.1 Å². The third-order valence-corrected chi connectivity index (χ3v) is 5.07. The van der Waals surface area contributed by atoms with E-state index in [4.69, 9.17) is 4.74 Å². The predicted molar refractivity (Wildman–Crippen MR) is 117 cm³/mol. The number of nitrogens with zero attached hydrogens (tertiary/aromatic N) is 2. The number of anilines is 1. The summed E-state index contributed by atoms with van der Waals surface area (Å²) in [6, 6.07) is 17.9. The Hall–Kier alpha value is -2.57. The highest BCUT2D eigenvalue weighted by molar-refractivity contribution is 5.89. The zero-order valence-corrected chi connectivity index (χ0v) is 17.3. The number of amides is 2. The standard InChI is InChI=1S/C23H32N4O2/c1-2-29-22-11-9-21(10-12-22)25-23(28)24-13-6-14-26-15-17-27(18-16-26)19-20-7-4-3-5-8-20/h3-5,7-12H,2,6,13-19H2,1H3,(H2,24,25,28). The number of urea groups is 1. The molecule has 29 heavy (non-hydrogen) atoms. The second kappa shape index (κ2) is 11.4. The van der Waals surface area contributed by atoms with Crippen LogP contribution in [-0.2, 0) is 6.54 Å². The van der Waals surface area contributed by atoms with Crippen molar-refractivity contribution >= 4 is 11.7 Å². The minimum Gasteiger partial charge on any atom is -0.494 e. The van der Waals surface area contributed by atoms with Crippen LogP contribution in [0.2, 0.25) is 0 Å². The molecule has 1 saturated heterocycles. The van der Waals surface area contributed by atoms with Crippen molar-refractivity contribution in [2.75, 3.05) is 51.2 Å². The number of nitrogens with one attached hydrogen (secondary N) is 2. The predicted octanol–water partition coefficient (Wildman–Crippen LogP) is 3.41. The van der Waals surface area contributed by atoms with Crippen LogP contribution in [0.1, 0.15) is 18.9 Å². The number of hydrogen-bond acceptors (Lipinski definition) is 4. The van der Waals surface area contributed by atoms with Crippen LogP contribution >= 0.6 is 0 Å². The first kappa shape index (κ1) is 21.1. The normalized spacial score (nSPS) is 15.1. The van der Waals surface area contributed by atoms with Gasteiger partial charge in [0, 0.05) is 45.0 Å². The molecule has 1 heterocycles. The topological polar surface area (TPSA) is 56.8 Å². The monoisotopic (exact) mass is 396 g/mol. The summed E-state index contributed by atoms with van der Waals surface area (Å²) in [6.07, 6.45) is 0.954. The van der Waals surface area contributed by atoms with Gasteiger partial charge < -0.3 is 20.3 Å². The fourth-order valence-electron chi connectivity index (χ4n) is 3.49.